The van der Waals surface area contributed by atoms with Gasteiger partial charge in [0.1, 0.15) is 12.0 Å². The van der Waals surface area contributed by atoms with E-state index >= 15 is 0 Å². The van der Waals surface area contributed by atoms with Crippen LogP contribution in [0, 0.1) is 0 Å². The van der Waals surface area contributed by atoms with E-state index in [0.29, 0.717) is 18.5 Å². The molecule has 0 aliphatic heterocycles. The Morgan fingerprint density at radius 1 is 1.39 bits per heavy atom. The van der Waals surface area contributed by atoms with Gasteiger partial charge in [-0.2, -0.15) is 0 Å². The zero-order valence-corrected chi connectivity index (χ0v) is 14.4. The molecule has 0 saturated heterocycles. The second-order valence-corrected chi connectivity index (χ2v) is 6.74. The Balaban J connectivity index is 1.61. The van der Waals surface area contributed by atoms with Crippen molar-refractivity contribution in [2.75, 3.05) is 6.54 Å². The highest BCUT2D eigenvalue weighted by Crippen LogP contribution is 2.23. The highest BCUT2D eigenvalue weighted by molar-refractivity contribution is 7.13. The van der Waals surface area contributed by atoms with Crippen LogP contribution in [0.4, 0.5) is 0 Å². The van der Waals surface area contributed by atoms with Gasteiger partial charge in [-0.15, -0.1) is 11.3 Å². The molecule has 1 aliphatic rings. The molecule has 0 aromatic carbocycles. The minimum Gasteiger partial charge on any atom is -0.443 e. The van der Waals surface area contributed by atoms with Crippen LogP contribution in [0.3, 0.4) is 0 Å². The fraction of sp³-hybridized carbons (Fsp3) is 0.529. The number of thiophene rings is 1. The molecule has 3 rings (SSSR count). The average Bonchev–Trinajstić information content (AvgIpc) is 3.25. The van der Waals surface area contributed by atoms with Gasteiger partial charge in [0.15, 0.2) is 5.96 Å². The summed E-state index contributed by atoms with van der Waals surface area (Å²) in [5.74, 6) is 1.55. The Morgan fingerprint density at radius 2 is 2.26 bits per heavy atom. The second-order valence-electron chi connectivity index (χ2n) is 5.80. The van der Waals surface area contributed by atoms with Crippen molar-refractivity contribution in [2.45, 2.75) is 51.6 Å². The van der Waals surface area contributed by atoms with Gasteiger partial charge in [-0.05, 0) is 31.2 Å². The van der Waals surface area contributed by atoms with Crippen molar-refractivity contribution in [1.82, 2.24) is 15.6 Å². The minimum absolute atomic E-state index is 0.525. The Labute approximate surface area is 141 Å². The Morgan fingerprint density at radius 3 is 3.00 bits per heavy atom. The Hall–Kier alpha value is -1.82. The van der Waals surface area contributed by atoms with Crippen LogP contribution in [-0.2, 0) is 6.54 Å². The van der Waals surface area contributed by atoms with E-state index in [-0.39, 0.29) is 0 Å². The maximum atomic E-state index is 5.54. The fourth-order valence-corrected chi connectivity index (χ4v) is 3.47. The molecule has 1 fully saturated rings. The number of rotatable bonds is 5. The van der Waals surface area contributed by atoms with E-state index in [1.54, 1.807) is 17.6 Å². The van der Waals surface area contributed by atoms with Crippen LogP contribution in [0.25, 0.3) is 10.8 Å². The Kier molecular flexibility index (Phi) is 5.69. The van der Waals surface area contributed by atoms with Crippen molar-refractivity contribution >= 4 is 17.3 Å². The number of aromatic nitrogens is 1. The van der Waals surface area contributed by atoms with Crippen molar-refractivity contribution in [2.24, 2.45) is 4.99 Å². The molecule has 0 unspecified atom stereocenters. The molecule has 2 aromatic rings. The molecule has 1 aliphatic carbocycles. The fourth-order valence-electron chi connectivity index (χ4n) is 2.81. The number of aliphatic imine (C=N–C) groups is 1. The Bertz CT molecular complexity index is 614. The lowest BCUT2D eigenvalue weighted by Gasteiger charge is -2.24. The van der Waals surface area contributed by atoms with E-state index in [0.717, 1.165) is 23.1 Å². The van der Waals surface area contributed by atoms with E-state index in [2.05, 4.69) is 27.5 Å². The smallest absolute Gasteiger partial charge is 0.236 e. The SMILES string of the molecule is CCNC(=NCc1coc(-c2cccs2)n1)NC1CCCCC1. The summed E-state index contributed by atoms with van der Waals surface area (Å²) in [6.07, 6.45) is 8.14. The highest BCUT2D eigenvalue weighted by atomic mass is 32.1. The van der Waals surface area contributed by atoms with Crippen molar-refractivity contribution < 1.29 is 4.42 Å². The van der Waals surface area contributed by atoms with Crippen molar-refractivity contribution in [1.29, 1.82) is 0 Å². The average molecular weight is 332 g/mol. The van der Waals surface area contributed by atoms with E-state index in [9.17, 15) is 0 Å². The predicted molar refractivity (Wildman–Crippen MR) is 94.6 cm³/mol. The van der Waals surface area contributed by atoms with E-state index in [1.165, 1.54) is 32.1 Å². The summed E-state index contributed by atoms with van der Waals surface area (Å²) in [7, 11) is 0. The van der Waals surface area contributed by atoms with Crippen LogP contribution < -0.4 is 10.6 Å². The van der Waals surface area contributed by atoms with E-state index in [1.807, 2.05) is 17.5 Å². The van der Waals surface area contributed by atoms with Gasteiger partial charge in [0.2, 0.25) is 5.89 Å². The molecule has 2 aromatic heterocycles. The van der Waals surface area contributed by atoms with Crippen molar-refractivity contribution in [3.63, 3.8) is 0 Å². The van der Waals surface area contributed by atoms with E-state index < -0.39 is 0 Å². The summed E-state index contributed by atoms with van der Waals surface area (Å²) in [4.78, 5) is 10.2. The number of nitrogens with zero attached hydrogens (tertiary/aromatic N) is 2. The topological polar surface area (TPSA) is 62.5 Å². The van der Waals surface area contributed by atoms with Crippen LogP contribution in [-0.4, -0.2) is 23.5 Å². The van der Waals surface area contributed by atoms with Crippen LogP contribution in [0.5, 0.6) is 0 Å². The third-order valence-electron chi connectivity index (χ3n) is 3.97. The maximum Gasteiger partial charge on any atom is 0.236 e. The number of hydrogen-bond acceptors (Lipinski definition) is 4. The van der Waals surface area contributed by atoms with Gasteiger partial charge < -0.3 is 15.1 Å². The van der Waals surface area contributed by atoms with Gasteiger partial charge in [-0.1, -0.05) is 25.3 Å². The lowest BCUT2D eigenvalue weighted by molar-refractivity contribution is 0.410. The first-order valence-corrected chi connectivity index (χ1v) is 9.26. The minimum atomic E-state index is 0.525. The molecular formula is C17H24N4OS. The maximum absolute atomic E-state index is 5.54. The van der Waals surface area contributed by atoms with Gasteiger partial charge in [-0.25, -0.2) is 9.98 Å². The molecule has 0 amide bonds. The predicted octanol–water partition coefficient (Wildman–Crippen LogP) is 3.79. The zero-order chi connectivity index (χ0) is 15.9. The van der Waals surface area contributed by atoms with Crippen LogP contribution >= 0.6 is 11.3 Å². The van der Waals surface area contributed by atoms with Crippen LogP contribution in [0.2, 0.25) is 0 Å². The zero-order valence-electron chi connectivity index (χ0n) is 13.5. The third-order valence-corrected chi connectivity index (χ3v) is 4.83. The van der Waals surface area contributed by atoms with Gasteiger partial charge in [0, 0.05) is 12.6 Å². The van der Waals surface area contributed by atoms with Gasteiger partial charge >= 0.3 is 0 Å². The van der Waals surface area contributed by atoms with Crippen molar-refractivity contribution in [3.8, 4) is 10.8 Å². The number of oxazole rings is 1. The normalized spacial score (nSPS) is 16.5. The number of hydrogen-bond donors (Lipinski definition) is 2. The molecule has 0 atom stereocenters. The lowest BCUT2D eigenvalue weighted by atomic mass is 9.96. The largest absolute Gasteiger partial charge is 0.443 e. The number of nitrogens with one attached hydrogen (secondary N) is 2. The van der Waals surface area contributed by atoms with Gasteiger partial charge in [0.05, 0.1) is 11.4 Å². The molecular weight excluding hydrogens is 308 g/mol. The summed E-state index contributed by atoms with van der Waals surface area (Å²) >= 11 is 1.63. The molecule has 0 radical (unpaired) electrons. The first-order valence-electron chi connectivity index (χ1n) is 8.38. The van der Waals surface area contributed by atoms with Crippen LogP contribution in [0.1, 0.15) is 44.7 Å². The summed E-state index contributed by atoms with van der Waals surface area (Å²) in [6.45, 7) is 3.47. The number of guanidine groups is 1. The molecule has 124 valence electrons. The molecule has 23 heavy (non-hydrogen) atoms. The van der Waals surface area contributed by atoms with Crippen molar-refractivity contribution in [3.05, 3.63) is 29.5 Å². The monoisotopic (exact) mass is 332 g/mol. The first-order chi connectivity index (χ1) is 11.3. The summed E-state index contributed by atoms with van der Waals surface area (Å²) < 4.78 is 5.54. The van der Waals surface area contributed by atoms with Gasteiger partial charge in [0.25, 0.3) is 0 Å². The molecule has 5 nitrogen and oxygen atoms in total. The van der Waals surface area contributed by atoms with Gasteiger partial charge in [-0.3, -0.25) is 0 Å². The highest BCUT2D eigenvalue weighted by Gasteiger charge is 2.14. The quantitative estimate of drug-likeness (QED) is 0.646. The molecule has 6 heteroatoms. The third kappa shape index (κ3) is 4.58. The molecule has 0 bridgehead atoms. The standard InChI is InChI=1S/C17H24N4OS/c1-2-18-17(21-13-7-4-3-5-8-13)19-11-14-12-22-16(20-14)15-9-6-10-23-15/h6,9-10,12-13H,2-5,7-8,11H2,1H3,(H2,18,19,21). The van der Waals surface area contributed by atoms with Crippen LogP contribution in [0.15, 0.2) is 33.2 Å². The first kappa shape index (κ1) is 16.1. The lowest BCUT2D eigenvalue weighted by Crippen LogP contribution is -2.44. The molecule has 2 N–H and O–H groups in total. The summed E-state index contributed by atoms with van der Waals surface area (Å²) in [6, 6.07) is 4.55. The molecule has 2 heterocycles. The second kappa shape index (κ2) is 8.15. The van der Waals surface area contributed by atoms with E-state index in [4.69, 9.17) is 4.42 Å². The molecule has 1 saturated carbocycles. The summed E-state index contributed by atoms with van der Waals surface area (Å²) in [5.41, 5.74) is 0.856. The summed E-state index contributed by atoms with van der Waals surface area (Å²) in [5, 5.41) is 8.88. The molecule has 0 spiro atoms.